The summed E-state index contributed by atoms with van der Waals surface area (Å²) in [7, 11) is 0. The van der Waals surface area contributed by atoms with Gasteiger partial charge in [-0.25, -0.2) is 0 Å². The lowest BCUT2D eigenvalue weighted by Crippen LogP contribution is -2.14. The zero-order valence-electron chi connectivity index (χ0n) is 9.75. The number of carbonyl (C=O) groups is 1. The molecule has 16 heavy (non-hydrogen) atoms. The molecule has 3 nitrogen and oxygen atoms in total. The Kier molecular flexibility index (Phi) is 3.13. The number of hydrogen-bond donors (Lipinski definition) is 1. The van der Waals surface area contributed by atoms with Crippen molar-refractivity contribution in [1.82, 2.24) is 0 Å². The van der Waals surface area contributed by atoms with Gasteiger partial charge in [-0.1, -0.05) is 0 Å². The summed E-state index contributed by atoms with van der Waals surface area (Å²) in [5, 5.41) is 2.95. The molecule has 0 atom stereocenters. The Morgan fingerprint density at radius 2 is 2.25 bits per heavy atom. The predicted molar refractivity (Wildman–Crippen MR) is 63.7 cm³/mol. The van der Waals surface area contributed by atoms with Gasteiger partial charge in [-0.2, -0.15) is 0 Å². The van der Waals surface area contributed by atoms with Crippen LogP contribution in [-0.2, 0) is 4.79 Å². The normalized spacial score (nSPS) is 14.6. The minimum absolute atomic E-state index is 0.146. The number of aryl methyl sites for hydroxylation is 1. The fraction of sp³-hybridized carbons (Fsp3) is 0.462. The molecule has 0 aromatic heterocycles. The Labute approximate surface area is 95.8 Å². The van der Waals surface area contributed by atoms with E-state index in [1.807, 2.05) is 32.0 Å². The van der Waals surface area contributed by atoms with Crippen LogP contribution in [0.1, 0.15) is 25.3 Å². The number of carbonyl (C=O) groups excluding carboxylic acids is 1. The molecule has 1 aliphatic carbocycles. The Bertz CT molecular complexity index is 397. The van der Waals surface area contributed by atoms with Crippen LogP contribution in [0.5, 0.6) is 5.75 Å². The number of anilines is 1. The maximum Gasteiger partial charge on any atom is 0.227 e. The number of ether oxygens (including phenoxy) is 1. The molecule has 3 heteroatoms. The molecule has 0 bridgehead atoms. The molecule has 1 saturated carbocycles. The second kappa shape index (κ2) is 4.56. The number of rotatable bonds is 4. The summed E-state index contributed by atoms with van der Waals surface area (Å²) >= 11 is 0. The van der Waals surface area contributed by atoms with E-state index < -0.39 is 0 Å². The van der Waals surface area contributed by atoms with Crippen LogP contribution in [-0.4, -0.2) is 12.5 Å². The maximum atomic E-state index is 11.6. The average molecular weight is 219 g/mol. The molecule has 0 spiro atoms. The van der Waals surface area contributed by atoms with E-state index in [-0.39, 0.29) is 11.8 Å². The van der Waals surface area contributed by atoms with Crippen LogP contribution in [0.25, 0.3) is 0 Å². The van der Waals surface area contributed by atoms with Gasteiger partial charge in [-0.3, -0.25) is 4.79 Å². The van der Waals surface area contributed by atoms with E-state index in [9.17, 15) is 4.79 Å². The summed E-state index contributed by atoms with van der Waals surface area (Å²) < 4.78 is 5.39. The quantitative estimate of drug-likeness (QED) is 0.845. The van der Waals surface area contributed by atoms with Crippen LogP contribution in [0.2, 0.25) is 0 Å². The topological polar surface area (TPSA) is 38.3 Å². The van der Waals surface area contributed by atoms with Crippen LogP contribution < -0.4 is 10.1 Å². The Hall–Kier alpha value is -1.51. The molecule has 0 radical (unpaired) electrons. The van der Waals surface area contributed by atoms with Crippen molar-refractivity contribution in [2.75, 3.05) is 11.9 Å². The van der Waals surface area contributed by atoms with E-state index >= 15 is 0 Å². The summed E-state index contributed by atoms with van der Waals surface area (Å²) in [6.07, 6.45) is 2.06. The fourth-order valence-corrected chi connectivity index (χ4v) is 1.61. The number of amides is 1. The Balaban J connectivity index is 2.06. The molecule has 1 aromatic rings. The molecule has 1 fully saturated rings. The van der Waals surface area contributed by atoms with Gasteiger partial charge in [-0.15, -0.1) is 0 Å². The van der Waals surface area contributed by atoms with Crippen molar-refractivity contribution in [2.24, 2.45) is 5.92 Å². The molecule has 0 aliphatic heterocycles. The lowest BCUT2D eigenvalue weighted by molar-refractivity contribution is -0.117. The first-order valence-corrected chi connectivity index (χ1v) is 5.75. The molecule has 86 valence electrons. The summed E-state index contributed by atoms with van der Waals surface area (Å²) in [6, 6.07) is 5.74. The predicted octanol–water partition coefficient (Wildman–Crippen LogP) is 2.74. The third-order valence-corrected chi connectivity index (χ3v) is 2.71. The highest BCUT2D eigenvalue weighted by Crippen LogP contribution is 2.31. The fourth-order valence-electron chi connectivity index (χ4n) is 1.61. The molecule has 1 aromatic carbocycles. The summed E-state index contributed by atoms with van der Waals surface area (Å²) in [6.45, 7) is 4.59. The van der Waals surface area contributed by atoms with Gasteiger partial charge in [0.05, 0.1) is 6.61 Å². The van der Waals surface area contributed by atoms with Crippen molar-refractivity contribution in [3.05, 3.63) is 23.8 Å². The highest BCUT2D eigenvalue weighted by Gasteiger charge is 2.29. The Morgan fingerprint density at radius 1 is 1.50 bits per heavy atom. The van der Waals surface area contributed by atoms with Crippen molar-refractivity contribution in [3.8, 4) is 5.75 Å². The van der Waals surface area contributed by atoms with Gasteiger partial charge >= 0.3 is 0 Å². The zero-order chi connectivity index (χ0) is 11.5. The molecule has 0 unspecified atom stereocenters. The molecule has 1 aliphatic rings. The number of nitrogens with one attached hydrogen (secondary N) is 1. The average Bonchev–Trinajstić information content (AvgIpc) is 3.06. The maximum absolute atomic E-state index is 11.6. The van der Waals surface area contributed by atoms with E-state index in [4.69, 9.17) is 4.74 Å². The Morgan fingerprint density at radius 3 is 2.81 bits per heavy atom. The van der Waals surface area contributed by atoms with Gasteiger partial charge < -0.3 is 10.1 Å². The first kappa shape index (κ1) is 11.0. The van der Waals surface area contributed by atoms with Gasteiger partial charge in [0.2, 0.25) is 5.91 Å². The zero-order valence-corrected chi connectivity index (χ0v) is 9.75. The largest absolute Gasteiger partial charge is 0.494 e. The third kappa shape index (κ3) is 2.54. The standard InChI is InChI=1S/C13H17NO2/c1-3-16-11-6-7-12(9(2)8-11)14-13(15)10-4-5-10/h6-8,10H,3-5H2,1-2H3,(H,14,15). The van der Waals surface area contributed by atoms with Crippen molar-refractivity contribution in [2.45, 2.75) is 26.7 Å². The van der Waals surface area contributed by atoms with Gasteiger partial charge in [0.25, 0.3) is 0 Å². The SMILES string of the molecule is CCOc1ccc(NC(=O)C2CC2)c(C)c1. The lowest BCUT2D eigenvalue weighted by Gasteiger charge is -2.10. The van der Waals surface area contributed by atoms with Crippen LogP contribution in [0.15, 0.2) is 18.2 Å². The van der Waals surface area contributed by atoms with E-state index in [1.165, 1.54) is 0 Å². The van der Waals surface area contributed by atoms with E-state index in [2.05, 4.69) is 5.32 Å². The summed E-state index contributed by atoms with van der Waals surface area (Å²) in [5.74, 6) is 1.24. The van der Waals surface area contributed by atoms with Crippen LogP contribution in [0.4, 0.5) is 5.69 Å². The van der Waals surface area contributed by atoms with Crippen molar-refractivity contribution >= 4 is 11.6 Å². The minimum atomic E-state index is 0.146. The van der Waals surface area contributed by atoms with Crippen molar-refractivity contribution in [3.63, 3.8) is 0 Å². The lowest BCUT2D eigenvalue weighted by atomic mass is 10.2. The summed E-state index contributed by atoms with van der Waals surface area (Å²) in [5.41, 5.74) is 1.93. The molecular formula is C13H17NO2. The molecule has 2 rings (SSSR count). The third-order valence-electron chi connectivity index (χ3n) is 2.71. The van der Waals surface area contributed by atoms with Gasteiger partial charge in [0.15, 0.2) is 0 Å². The van der Waals surface area contributed by atoms with Gasteiger partial charge in [0, 0.05) is 11.6 Å². The van der Waals surface area contributed by atoms with Crippen molar-refractivity contribution < 1.29 is 9.53 Å². The second-order valence-electron chi connectivity index (χ2n) is 4.17. The highest BCUT2D eigenvalue weighted by molar-refractivity contribution is 5.94. The van der Waals surface area contributed by atoms with Crippen LogP contribution in [0.3, 0.4) is 0 Å². The number of hydrogen-bond acceptors (Lipinski definition) is 2. The molecular weight excluding hydrogens is 202 g/mol. The first-order chi connectivity index (χ1) is 7.70. The van der Waals surface area contributed by atoms with Crippen LogP contribution >= 0.6 is 0 Å². The summed E-state index contributed by atoms with van der Waals surface area (Å²) in [4.78, 5) is 11.6. The minimum Gasteiger partial charge on any atom is -0.494 e. The monoisotopic (exact) mass is 219 g/mol. The highest BCUT2D eigenvalue weighted by atomic mass is 16.5. The van der Waals surface area contributed by atoms with Crippen LogP contribution in [0, 0.1) is 12.8 Å². The first-order valence-electron chi connectivity index (χ1n) is 5.75. The van der Waals surface area contributed by atoms with E-state index in [1.54, 1.807) is 0 Å². The molecule has 0 heterocycles. The second-order valence-corrected chi connectivity index (χ2v) is 4.17. The van der Waals surface area contributed by atoms with E-state index in [0.29, 0.717) is 6.61 Å². The number of benzene rings is 1. The molecule has 1 amide bonds. The van der Waals surface area contributed by atoms with Crippen molar-refractivity contribution in [1.29, 1.82) is 0 Å². The van der Waals surface area contributed by atoms with E-state index in [0.717, 1.165) is 29.8 Å². The van der Waals surface area contributed by atoms with Gasteiger partial charge in [0.1, 0.15) is 5.75 Å². The van der Waals surface area contributed by atoms with Gasteiger partial charge in [-0.05, 0) is 50.5 Å². The molecule has 0 saturated heterocycles. The smallest absolute Gasteiger partial charge is 0.227 e. The molecule has 1 N–H and O–H groups in total.